The van der Waals surface area contributed by atoms with Crippen LogP contribution in [-0.4, -0.2) is 29.7 Å². The Labute approximate surface area is 222 Å². The van der Waals surface area contributed by atoms with E-state index in [9.17, 15) is 4.79 Å². The summed E-state index contributed by atoms with van der Waals surface area (Å²) < 4.78 is 11.3. The molecular weight excluding hydrogens is 484 g/mol. The third-order valence-electron chi connectivity index (χ3n) is 5.97. The second-order valence-electron chi connectivity index (χ2n) is 8.81. The normalized spacial score (nSPS) is 10.8. The minimum Gasteiger partial charge on any atom is -0.497 e. The van der Waals surface area contributed by atoms with Gasteiger partial charge in [0.05, 0.1) is 12.8 Å². The van der Waals surface area contributed by atoms with Crippen molar-refractivity contribution < 1.29 is 19.4 Å². The summed E-state index contributed by atoms with van der Waals surface area (Å²) in [4.78, 5) is 18.0. The SMILES string of the molecule is CCCN(Cc1ccc(COc2ccc(CCC(=O)O)cc2)cc1)c1nc(-c2cccc(OC)c2)cs1. The smallest absolute Gasteiger partial charge is 0.303 e. The molecule has 1 N–H and O–H groups in total. The van der Waals surface area contributed by atoms with Crippen LogP contribution in [0.2, 0.25) is 0 Å². The van der Waals surface area contributed by atoms with Gasteiger partial charge in [-0.15, -0.1) is 11.3 Å². The Morgan fingerprint density at radius 3 is 2.41 bits per heavy atom. The van der Waals surface area contributed by atoms with Crippen molar-refractivity contribution in [2.45, 2.75) is 39.3 Å². The largest absolute Gasteiger partial charge is 0.497 e. The number of benzene rings is 3. The van der Waals surface area contributed by atoms with Gasteiger partial charge in [-0.2, -0.15) is 0 Å². The number of nitrogens with zero attached hydrogens (tertiary/aromatic N) is 2. The van der Waals surface area contributed by atoms with E-state index >= 15 is 0 Å². The number of carboxylic acid groups (broad SMARTS) is 1. The highest BCUT2D eigenvalue weighted by molar-refractivity contribution is 7.14. The number of carboxylic acids is 1. The predicted molar refractivity (Wildman–Crippen MR) is 149 cm³/mol. The molecule has 0 saturated carbocycles. The van der Waals surface area contributed by atoms with E-state index in [0.29, 0.717) is 13.0 Å². The fourth-order valence-electron chi connectivity index (χ4n) is 3.97. The van der Waals surface area contributed by atoms with Crippen LogP contribution in [-0.2, 0) is 24.4 Å². The van der Waals surface area contributed by atoms with Crippen LogP contribution >= 0.6 is 11.3 Å². The molecule has 0 fully saturated rings. The Morgan fingerprint density at radius 2 is 1.70 bits per heavy atom. The number of hydrogen-bond donors (Lipinski definition) is 1. The second-order valence-corrected chi connectivity index (χ2v) is 9.65. The number of aromatic nitrogens is 1. The van der Waals surface area contributed by atoms with E-state index in [-0.39, 0.29) is 6.42 Å². The van der Waals surface area contributed by atoms with Crippen LogP contribution in [0.25, 0.3) is 11.3 Å². The molecule has 1 aromatic heterocycles. The molecule has 3 aromatic carbocycles. The van der Waals surface area contributed by atoms with Gasteiger partial charge in [0.1, 0.15) is 18.1 Å². The van der Waals surface area contributed by atoms with Gasteiger partial charge in [0.15, 0.2) is 5.13 Å². The quantitative estimate of drug-likeness (QED) is 0.210. The van der Waals surface area contributed by atoms with E-state index in [2.05, 4.69) is 47.5 Å². The molecule has 7 heteroatoms. The maximum atomic E-state index is 10.7. The van der Waals surface area contributed by atoms with Crippen molar-refractivity contribution in [1.82, 2.24) is 4.98 Å². The molecule has 0 unspecified atom stereocenters. The molecule has 0 atom stereocenters. The van der Waals surface area contributed by atoms with Crippen molar-refractivity contribution in [1.29, 1.82) is 0 Å². The summed E-state index contributed by atoms with van der Waals surface area (Å²) in [7, 11) is 1.68. The molecule has 6 nitrogen and oxygen atoms in total. The fraction of sp³-hybridized carbons (Fsp3) is 0.267. The van der Waals surface area contributed by atoms with Gasteiger partial charge in [0.25, 0.3) is 0 Å². The number of ether oxygens (including phenoxy) is 2. The van der Waals surface area contributed by atoms with Gasteiger partial charge >= 0.3 is 5.97 Å². The molecular formula is C30H32N2O4S. The van der Waals surface area contributed by atoms with E-state index in [1.807, 2.05) is 42.5 Å². The van der Waals surface area contributed by atoms with E-state index in [1.54, 1.807) is 18.4 Å². The number of aryl methyl sites for hydroxylation is 1. The first kappa shape index (κ1) is 26.2. The standard InChI is InChI=1S/C30H32N2O4S/c1-3-17-32(30-31-28(21-37-30)25-5-4-6-27(18-25)35-2)19-23-7-9-24(10-8-23)20-36-26-14-11-22(12-15-26)13-16-29(33)34/h4-12,14-15,18,21H,3,13,16-17,19-20H2,1-2H3,(H,33,34). The summed E-state index contributed by atoms with van der Waals surface area (Å²) in [5.74, 6) is 0.813. The molecule has 192 valence electrons. The van der Waals surface area contributed by atoms with Gasteiger partial charge in [-0.05, 0) is 53.8 Å². The number of methoxy groups -OCH3 is 1. The number of carbonyl (C=O) groups is 1. The van der Waals surface area contributed by atoms with Crippen molar-refractivity contribution in [2.24, 2.45) is 0 Å². The lowest BCUT2D eigenvalue weighted by molar-refractivity contribution is -0.136. The molecule has 0 amide bonds. The van der Waals surface area contributed by atoms with Gasteiger partial charge in [0.2, 0.25) is 0 Å². The number of rotatable bonds is 13. The molecule has 0 radical (unpaired) electrons. The van der Waals surface area contributed by atoms with Crippen LogP contribution in [0, 0.1) is 0 Å². The zero-order valence-electron chi connectivity index (χ0n) is 21.2. The predicted octanol–water partition coefficient (Wildman–Crippen LogP) is 6.83. The van der Waals surface area contributed by atoms with Crippen molar-refractivity contribution in [3.8, 4) is 22.8 Å². The maximum absolute atomic E-state index is 10.7. The highest BCUT2D eigenvalue weighted by Gasteiger charge is 2.13. The summed E-state index contributed by atoms with van der Waals surface area (Å²) in [6.45, 7) is 4.38. The second kappa shape index (κ2) is 12.9. The van der Waals surface area contributed by atoms with Crippen molar-refractivity contribution >= 4 is 22.4 Å². The number of thiazole rings is 1. The van der Waals surface area contributed by atoms with Crippen molar-refractivity contribution in [3.05, 3.63) is 94.9 Å². The molecule has 1 heterocycles. The molecule has 0 aliphatic rings. The third kappa shape index (κ3) is 7.57. The summed E-state index contributed by atoms with van der Waals surface area (Å²) in [6.07, 6.45) is 1.69. The number of hydrogen-bond acceptors (Lipinski definition) is 6. The molecule has 0 saturated heterocycles. The Balaban J connectivity index is 1.35. The summed E-state index contributed by atoms with van der Waals surface area (Å²) in [5, 5.41) is 11.9. The first-order valence-corrected chi connectivity index (χ1v) is 13.3. The highest BCUT2D eigenvalue weighted by atomic mass is 32.1. The lowest BCUT2D eigenvalue weighted by Crippen LogP contribution is -2.23. The molecule has 4 rings (SSSR count). The van der Waals surface area contributed by atoms with Gasteiger partial charge < -0.3 is 19.5 Å². The molecule has 37 heavy (non-hydrogen) atoms. The van der Waals surface area contributed by atoms with Gasteiger partial charge in [-0.1, -0.05) is 55.5 Å². The number of aliphatic carboxylic acids is 1. The third-order valence-corrected chi connectivity index (χ3v) is 6.88. The Bertz CT molecular complexity index is 1290. The Kier molecular flexibility index (Phi) is 9.16. The zero-order chi connectivity index (χ0) is 26.0. The molecule has 4 aromatic rings. The van der Waals surface area contributed by atoms with Crippen LogP contribution in [0.15, 0.2) is 78.2 Å². The van der Waals surface area contributed by atoms with Gasteiger partial charge in [-0.3, -0.25) is 4.79 Å². The topological polar surface area (TPSA) is 71.9 Å². The van der Waals surface area contributed by atoms with Crippen LogP contribution < -0.4 is 14.4 Å². The molecule has 0 aliphatic carbocycles. The molecule has 0 aliphatic heterocycles. The van der Waals surface area contributed by atoms with Crippen LogP contribution in [0.4, 0.5) is 5.13 Å². The van der Waals surface area contributed by atoms with Crippen molar-refractivity contribution in [3.63, 3.8) is 0 Å². The average Bonchev–Trinajstić information content (AvgIpc) is 3.42. The average molecular weight is 517 g/mol. The van der Waals surface area contributed by atoms with Crippen LogP contribution in [0.1, 0.15) is 36.5 Å². The maximum Gasteiger partial charge on any atom is 0.303 e. The summed E-state index contributed by atoms with van der Waals surface area (Å²) in [6, 6.07) is 24.1. The monoisotopic (exact) mass is 516 g/mol. The van der Waals surface area contributed by atoms with E-state index in [1.165, 1.54) is 5.56 Å². The molecule has 0 bridgehead atoms. The van der Waals surface area contributed by atoms with E-state index in [4.69, 9.17) is 19.6 Å². The zero-order valence-corrected chi connectivity index (χ0v) is 22.0. The van der Waals surface area contributed by atoms with Crippen LogP contribution in [0.5, 0.6) is 11.5 Å². The minimum absolute atomic E-state index is 0.133. The van der Waals surface area contributed by atoms with Gasteiger partial charge in [-0.25, -0.2) is 4.98 Å². The summed E-state index contributed by atoms with van der Waals surface area (Å²) in [5.41, 5.74) is 5.32. The fourth-order valence-corrected chi connectivity index (χ4v) is 4.83. The van der Waals surface area contributed by atoms with E-state index in [0.717, 1.165) is 58.5 Å². The summed E-state index contributed by atoms with van der Waals surface area (Å²) >= 11 is 1.66. The lowest BCUT2D eigenvalue weighted by Gasteiger charge is -2.21. The van der Waals surface area contributed by atoms with Crippen molar-refractivity contribution in [2.75, 3.05) is 18.6 Å². The highest BCUT2D eigenvalue weighted by Crippen LogP contribution is 2.30. The molecule has 0 spiro atoms. The van der Waals surface area contributed by atoms with Gasteiger partial charge in [0, 0.05) is 30.5 Å². The first-order valence-electron chi connectivity index (χ1n) is 12.4. The first-order chi connectivity index (χ1) is 18.0. The van der Waals surface area contributed by atoms with E-state index < -0.39 is 5.97 Å². The minimum atomic E-state index is -0.786. The Morgan fingerprint density at radius 1 is 0.973 bits per heavy atom. The number of anilines is 1. The van der Waals surface area contributed by atoms with Crippen LogP contribution in [0.3, 0.4) is 0 Å². The Hall–Kier alpha value is -3.84. The lowest BCUT2D eigenvalue weighted by atomic mass is 10.1.